The molecular weight excluding hydrogens is 214 g/mol. The summed E-state index contributed by atoms with van der Waals surface area (Å²) in [6.45, 7) is 0.621. The molecule has 2 N–H and O–H groups in total. The van der Waals surface area contributed by atoms with Crippen molar-refractivity contribution in [3.63, 3.8) is 0 Å². The van der Waals surface area contributed by atoms with E-state index in [9.17, 15) is 5.11 Å². The first-order valence-corrected chi connectivity index (χ1v) is 6.66. The molecule has 96 valence electrons. The number of rotatable bonds is 5. The van der Waals surface area contributed by atoms with E-state index in [2.05, 4.69) is 21.3 Å². The van der Waals surface area contributed by atoms with E-state index in [-0.39, 0.29) is 6.10 Å². The van der Waals surface area contributed by atoms with Crippen molar-refractivity contribution >= 4 is 0 Å². The van der Waals surface area contributed by atoms with Gasteiger partial charge in [0.2, 0.25) is 0 Å². The van der Waals surface area contributed by atoms with Crippen molar-refractivity contribution in [1.29, 1.82) is 0 Å². The standard InChI is InChI=1S/C13H23N3O/c1-14-10-13(17)9-11-7-8-16(15-11)12-5-3-2-4-6-12/h7-8,12-14,17H,2-6,9-10H2,1H3. The number of nitrogens with one attached hydrogen (secondary N) is 1. The predicted molar refractivity (Wildman–Crippen MR) is 68.0 cm³/mol. The van der Waals surface area contributed by atoms with Crippen LogP contribution in [-0.4, -0.2) is 34.6 Å². The van der Waals surface area contributed by atoms with Crippen LogP contribution in [0.25, 0.3) is 0 Å². The highest BCUT2D eigenvalue weighted by atomic mass is 16.3. The summed E-state index contributed by atoms with van der Waals surface area (Å²) in [6, 6.07) is 2.62. The number of aromatic nitrogens is 2. The van der Waals surface area contributed by atoms with Gasteiger partial charge in [-0.05, 0) is 26.0 Å². The summed E-state index contributed by atoms with van der Waals surface area (Å²) in [7, 11) is 1.85. The minimum Gasteiger partial charge on any atom is -0.391 e. The highest BCUT2D eigenvalue weighted by Gasteiger charge is 2.16. The zero-order valence-corrected chi connectivity index (χ0v) is 10.6. The Balaban J connectivity index is 1.90. The Morgan fingerprint density at radius 2 is 2.24 bits per heavy atom. The lowest BCUT2D eigenvalue weighted by molar-refractivity contribution is 0.173. The van der Waals surface area contributed by atoms with E-state index < -0.39 is 0 Å². The van der Waals surface area contributed by atoms with Crippen LogP contribution in [-0.2, 0) is 6.42 Å². The summed E-state index contributed by atoms with van der Waals surface area (Å²) in [4.78, 5) is 0. The maximum atomic E-state index is 9.71. The average molecular weight is 237 g/mol. The van der Waals surface area contributed by atoms with Crippen LogP contribution in [0.1, 0.15) is 43.8 Å². The molecule has 0 radical (unpaired) electrons. The topological polar surface area (TPSA) is 50.1 Å². The van der Waals surface area contributed by atoms with Crippen LogP contribution in [0.4, 0.5) is 0 Å². The van der Waals surface area contributed by atoms with Gasteiger partial charge in [-0.1, -0.05) is 19.3 Å². The molecule has 4 nitrogen and oxygen atoms in total. The SMILES string of the molecule is CNCC(O)Cc1ccn(C2CCCCC2)n1. The second-order valence-corrected chi connectivity index (χ2v) is 4.99. The van der Waals surface area contributed by atoms with Crippen LogP contribution in [0, 0.1) is 0 Å². The Morgan fingerprint density at radius 3 is 2.94 bits per heavy atom. The number of hydrogen-bond acceptors (Lipinski definition) is 3. The summed E-state index contributed by atoms with van der Waals surface area (Å²) >= 11 is 0. The summed E-state index contributed by atoms with van der Waals surface area (Å²) in [5, 5.41) is 17.3. The lowest BCUT2D eigenvalue weighted by Gasteiger charge is -2.21. The maximum Gasteiger partial charge on any atom is 0.0720 e. The van der Waals surface area contributed by atoms with Crippen LogP contribution in [0.2, 0.25) is 0 Å². The lowest BCUT2D eigenvalue weighted by atomic mass is 9.96. The second kappa shape index (κ2) is 6.17. The van der Waals surface area contributed by atoms with Crippen molar-refractivity contribution in [3.8, 4) is 0 Å². The zero-order chi connectivity index (χ0) is 12.1. The van der Waals surface area contributed by atoms with E-state index in [1.165, 1.54) is 32.1 Å². The quantitative estimate of drug-likeness (QED) is 0.816. The molecule has 0 aliphatic heterocycles. The monoisotopic (exact) mass is 237 g/mol. The minimum absolute atomic E-state index is 0.338. The molecule has 1 heterocycles. The van der Waals surface area contributed by atoms with Crippen LogP contribution in [0.3, 0.4) is 0 Å². The van der Waals surface area contributed by atoms with E-state index in [1.54, 1.807) is 0 Å². The highest BCUT2D eigenvalue weighted by molar-refractivity contribution is 5.01. The van der Waals surface area contributed by atoms with Crippen molar-refractivity contribution in [2.45, 2.75) is 50.7 Å². The highest BCUT2D eigenvalue weighted by Crippen LogP contribution is 2.27. The van der Waals surface area contributed by atoms with Gasteiger partial charge in [-0.15, -0.1) is 0 Å². The molecule has 1 aliphatic carbocycles. The fraction of sp³-hybridized carbons (Fsp3) is 0.769. The molecule has 0 amide bonds. The molecule has 0 aromatic carbocycles. The van der Waals surface area contributed by atoms with E-state index in [1.807, 2.05) is 13.1 Å². The van der Waals surface area contributed by atoms with E-state index in [0.717, 1.165) is 5.69 Å². The third kappa shape index (κ3) is 3.54. The average Bonchev–Trinajstić information content (AvgIpc) is 2.79. The third-order valence-corrected chi connectivity index (χ3v) is 3.50. The van der Waals surface area contributed by atoms with Crippen molar-refractivity contribution < 1.29 is 5.11 Å². The van der Waals surface area contributed by atoms with Crippen molar-refractivity contribution in [1.82, 2.24) is 15.1 Å². The number of aliphatic hydroxyl groups is 1. The second-order valence-electron chi connectivity index (χ2n) is 4.99. The molecule has 0 spiro atoms. The largest absolute Gasteiger partial charge is 0.391 e. The Hall–Kier alpha value is -0.870. The molecule has 1 unspecified atom stereocenters. The molecule has 0 saturated heterocycles. The van der Waals surface area contributed by atoms with Gasteiger partial charge >= 0.3 is 0 Å². The maximum absolute atomic E-state index is 9.71. The first kappa shape index (κ1) is 12.6. The molecule has 1 fully saturated rings. The molecule has 1 atom stereocenters. The predicted octanol–water partition coefficient (Wildman–Crippen LogP) is 1.51. The molecular formula is C13H23N3O. The fourth-order valence-electron chi connectivity index (χ4n) is 2.58. The van der Waals surface area contributed by atoms with E-state index in [0.29, 0.717) is 19.0 Å². The normalized spacial score (nSPS) is 19.4. The van der Waals surface area contributed by atoms with Crippen molar-refractivity contribution in [2.75, 3.05) is 13.6 Å². The lowest BCUT2D eigenvalue weighted by Crippen LogP contribution is -2.25. The Bertz CT molecular complexity index is 331. The fourth-order valence-corrected chi connectivity index (χ4v) is 2.58. The number of nitrogens with zero attached hydrogens (tertiary/aromatic N) is 2. The van der Waals surface area contributed by atoms with Gasteiger partial charge in [0.15, 0.2) is 0 Å². The van der Waals surface area contributed by atoms with Gasteiger partial charge < -0.3 is 10.4 Å². The summed E-state index contributed by atoms with van der Waals surface area (Å²) in [5.41, 5.74) is 0.998. The molecule has 0 bridgehead atoms. The number of likely N-dealkylation sites (N-methyl/N-ethyl adjacent to an activating group) is 1. The van der Waals surface area contributed by atoms with Crippen LogP contribution >= 0.6 is 0 Å². The zero-order valence-electron chi connectivity index (χ0n) is 10.6. The minimum atomic E-state index is -0.338. The third-order valence-electron chi connectivity index (χ3n) is 3.50. The van der Waals surface area contributed by atoms with Gasteiger partial charge in [0.05, 0.1) is 17.8 Å². The number of hydrogen-bond donors (Lipinski definition) is 2. The molecule has 17 heavy (non-hydrogen) atoms. The Labute approximate surface area is 103 Å². The van der Waals surface area contributed by atoms with Gasteiger partial charge in [-0.3, -0.25) is 4.68 Å². The van der Waals surface area contributed by atoms with Gasteiger partial charge in [0.25, 0.3) is 0 Å². The summed E-state index contributed by atoms with van der Waals surface area (Å²) in [5.74, 6) is 0. The van der Waals surface area contributed by atoms with Gasteiger partial charge in [0.1, 0.15) is 0 Å². The van der Waals surface area contributed by atoms with Crippen LogP contribution in [0.15, 0.2) is 12.3 Å². The first-order chi connectivity index (χ1) is 8.29. The van der Waals surface area contributed by atoms with Gasteiger partial charge in [-0.2, -0.15) is 5.10 Å². The van der Waals surface area contributed by atoms with E-state index >= 15 is 0 Å². The smallest absolute Gasteiger partial charge is 0.0720 e. The molecule has 1 aromatic heterocycles. The molecule has 1 aliphatic rings. The van der Waals surface area contributed by atoms with Crippen molar-refractivity contribution in [3.05, 3.63) is 18.0 Å². The van der Waals surface area contributed by atoms with Crippen LogP contribution < -0.4 is 5.32 Å². The first-order valence-electron chi connectivity index (χ1n) is 6.66. The Kier molecular flexibility index (Phi) is 4.57. The summed E-state index contributed by atoms with van der Waals surface area (Å²) in [6.07, 6.45) is 8.88. The summed E-state index contributed by atoms with van der Waals surface area (Å²) < 4.78 is 2.10. The molecule has 4 heteroatoms. The van der Waals surface area contributed by atoms with E-state index in [4.69, 9.17) is 0 Å². The Morgan fingerprint density at radius 1 is 1.47 bits per heavy atom. The van der Waals surface area contributed by atoms with Crippen LogP contribution in [0.5, 0.6) is 0 Å². The molecule has 1 aromatic rings. The van der Waals surface area contributed by atoms with Crippen molar-refractivity contribution in [2.24, 2.45) is 0 Å². The molecule has 1 saturated carbocycles. The van der Waals surface area contributed by atoms with Gasteiger partial charge in [-0.25, -0.2) is 0 Å². The van der Waals surface area contributed by atoms with Gasteiger partial charge in [0, 0.05) is 19.2 Å². The number of aliphatic hydroxyl groups excluding tert-OH is 1. The molecule has 2 rings (SSSR count).